The predicted molar refractivity (Wildman–Crippen MR) is 68.5 cm³/mol. The van der Waals surface area contributed by atoms with E-state index in [4.69, 9.17) is 28.5 Å². The third kappa shape index (κ3) is 2.89. The summed E-state index contributed by atoms with van der Waals surface area (Å²) in [6.07, 6.45) is 0. The molecule has 1 aromatic heterocycles. The molecule has 1 unspecified atom stereocenters. The molecule has 92 valence electrons. The lowest BCUT2D eigenvalue weighted by Crippen LogP contribution is -2.48. The molecule has 1 amide bonds. The summed E-state index contributed by atoms with van der Waals surface area (Å²) >= 11 is 12.4. The largest absolute Gasteiger partial charge is 0.333 e. The molecule has 0 radical (unpaired) electrons. The first-order valence-corrected chi connectivity index (χ1v) is 6.39. The number of nitrogens with zero attached hydrogens (tertiary/aromatic N) is 2. The molecule has 4 nitrogen and oxygen atoms in total. The van der Waals surface area contributed by atoms with Crippen molar-refractivity contribution in [3.8, 4) is 6.07 Å². The minimum absolute atomic E-state index is 0.0291. The Labute approximate surface area is 114 Å². The van der Waals surface area contributed by atoms with Crippen molar-refractivity contribution >= 4 is 40.6 Å². The SMILES string of the molecule is CC(C)C(C)(C#N)NC(=O)c1snc(Cl)c1Cl. The Morgan fingerprint density at radius 2 is 2.18 bits per heavy atom. The van der Waals surface area contributed by atoms with Gasteiger partial charge in [0.2, 0.25) is 0 Å². The lowest BCUT2D eigenvalue weighted by atomic mass is 9.90. The fourth-order valence-electron chi connectivity index (χ4n) is 0.995. The number of halogens is 2. The molecule has 17 heavy (non-hydrogen) atoms. The summed E-state index contributed by atoms with van der Waals surface area (Å²) in [6.45, 7) is 5.36. The van der Waals surface area contributed by atoms with Crippen LogP contribution in [0, 0.1) is 17.2 Å². The van der Waals surface area contributed by atoms with E-state index in [0.717, 1.165) is 11.5 Å². The standard InChI is InChI=1S/C10H11Cl2N3OS/c1-5(2)10(3,4-13)14-9(16)7-6(11)8(12)15-17-7/h5H,1-3H3,(H,14,16). The van der Waals surface area contributed by atoms with Gasteiger partial charge in [0, 0.05) is 0 Å². The number of hydrogen-bond acceptors (Lipinski definition) is 4. The third-order valence-corrected chi connectivity index (χ3v) is 4.36. The molecule has 0 saturated heterocycles. The van der Waals surface area contributed by atoms with Crippen LogP contribution in [0.2, 0.25) is 10.2 Å². The van der Waals surface area contributed by atoms with Gasteiger partial charge in [-0.1, -0.05) is 37.0 Å². The van der Waals surface area contributed by atoms with E-state index in [1.165, 1.54) is 0 Å². The van der Waals surface area contributed by atoms with Crippen molar-refractivity contribution < 1.29 is 4.79 Å². The fourth-order valence-corrected chi connectivity index (χ4v) is 2.10. The first-order valence-electron chi connectivity index (χ1n) is 4.86. The highest BCUT2D eigenvalue weighted by molar-refractivity contribution is 7.09. The van der Waals surface area contributed by atoms with Crippen LogP contribution < -0.4 is 5.32 Å². The van der Waals surface area contributed by atoms with E-state index in [1.807, 2.05) is 13.8 Å². The molecule has 7 heteroatoms. The molecule has 0 bridgehead atoms. The van der Waals surface area contributed by atoms with Gasteiger partial charge in [0.1, 0.15) is 15.4 Å². The maximum atomic E-state index is 11.9. The second-order valence-electron chi connectivity index (χ2n) is 4.04. The Bertz CT molecular complexity index is 480. The molecule has 0 saturated carbocycles. The Morgan fingerprint density at radius 3 is 2.53 bits per heavy atom. The fraction of sp³-hybridized carbons (Fsp3) is 0.500. The topological polar surface area (TPSA) is 65.8 Å². The van der Waals surface area contributed by atoms with Crippen LogP contribution >= 0.6 is 34.7 Å². The number of carbonyl (C=O) groups is 1. The van der Waals surface area contributed by atoms with Gasteiger partial charge in [0.15, 0.2) is 5.15 Å². The zero-order valence-electron chi connectivity index (χ0n) is 9.54. The Morgan fingerprint density at radius 1 is 1.59 bits per heavy atom. The van der Waals surface area contributed by atoms with Crippen LogP contribution in [0.3, 0.4) is 0 Å². The monoisotopic (exact) mass is 291 g/mol. The van der Waals surface area contributed by atoms with E-state index in [2.05, 4.69) is 15.8 Å². The molecule has 1 rings (SSSR count). The Hall–Kier alpha value is -0.830. The van der Waals surface area contributed by atoms with E-state index >= 15 is 0 Å². The summed E-state index contributed by atoms with van der Waals surface area (Å²) < 4.78 is 3.77. The van der Waals surface area contributed by atoms with Gasteiger partial charge in [0.05, 0.1) is 6.07 Å². The molecule has 1 atom stereocenters. The number of amides is 1. The second-order valence-corrected chi connectivity index (χ2v) is 5.55. The molecular formula is C10H11Cl2N3OS. The lowest BCUT2D eigenvalue weighted by Gasteiger charge is -2.26. The van der Waals surface area contributed by atoms with E-state index < -0.39 is 11.4 Å². The van der Waals surface area contributed by atoms with Crippen LogP contribution in [-0.4, -0.2) is 15.8 Å². The number of nitriles is 1. The maximum Gasteiger partial charge on any atom is 0.265 e. The molecule has 0 fully saturated rings. The quantitative estimate of drug-likeness (QED) is 0.930. The van der Waals surface area contributed by atoms with E-state index in [1.54, 1.807) is 6.92 Å². The Balaban J connectivity index is 2.94. The Kier molecular flexibility index (Phi) is 4.36. The van der Waals surface area contributed by atoms with Gasteiger partial charge >= 0.3 is 0 Å². The first-order chi connectivity index (χ1) is 7.81. The molecule has 0 aliphatic carbocycles. The molecule has 1 N–H and O–H groups in total. The number of carbonyl (C=O) groups excluding carboxylic acids is 1. The minimum atomic E-state index is -0.948. The van der Waals surface area contributed by atoms with Crippen molar-refractivity contribution in [3.05, 3.63) is 15.1 Å². The van der Waals surface area contributed by atoms with E-state index in [9.17, 15) is 4.79 Å². The zero-order chi connectivity index (χ0) is 13.2. The van der Waals surface area contributed by atoms with E-state index in [-0.39, 0.29) is 21.0 Å². The maximum absolute atomic E-state index is 11.9. The highest BCUT2D eigenvalue weighted by Crippen LogP contribution is 2.29. The van der Waals surface area contributed by atoms with Crippen molar-refractivity contribution in [2.75, 3.05) is 0 Å². The predicted octanol–water partition coefficient (Wildman–Crippen LogP) is 3.12. The summed E-state index contributed by atoms with van der Waals surface area (Å²) in [6, 6.07) is 2.08. The van der Waals surface area contributed by atoms with Crippen LogP contribution in [0.5, 0.6) is 0 Å². The van der Waals surface area contributed by atoms with Crippen molar-refractivity contribution in [2.24, 2.45) is 5.92 Å². The van der Waals surface area contributed by atoms with Gasteiger partial charge in [-0.25, -0.2) is 0 Å². The number of rotatable bonds is 3. The first kappa shape index (κ1) is 14.2. The second kappa shape index (κ2) is 5.21. The van der Waals surface area contributed by atoms with Crippen LogP contribution in [0.15, 0.2) is 0 Å². The molecule has 0 aromatic carbocycles. The molecule has 1 aromatic rings. The van der Waals surface area contributed by atoms with Gasteiger partial charge in [-0.3, -0.25) is 4.79 Å². The summed E-state index contributed by atoms with van der Waals surface area (Å²) in [7, 11) is 0. The summed E-state index contributed by atoms with van der Waals surface area (Å²) in [4.78, 5) is 12.1. The van der Waals surface area contributed by atoms with Gasteiger partial charge in [-0.05, 0) is 24.4 Å². The number of nitrogens with one attached hydrogen (secondary N) is 1. The molecule has 1 heterocycles. The average Bonchev–Trinajstić information content (AvgIpc) is 2.59. The van der Waals surface area contributed by atoms with E-state index in [0.29, 0.717) is 0 Å². The van der Waals surface area contributed by atoms with Crippen molar-refractivity contribution in [3.63, 3.8) is 0 Å². The number of hydrogen-bond donors (Lipinski definition) is 1. The smallest absolute Gasteiger partial charge is 0.265 e. The van der Waals surface area contributed by atoms with Crippen LogP contribution in [0.4, 0.5) is 0 Å². The molecule has 0 aliphatic heterocycles. The zero-order valence-corrected chi connectivity index (χ0v) is 11.9. The van der Waals surface area contributed by atoms with Crippen LogP contribution in [0.25, 0.3) is 0 Å². The minimum Gasteiger partial charge on any atom is -0.333 e. The van der Waals surface area contributed by atoms with Crippen LogP contribution in [0.1, 0.15) is 30.4 Å². The van der Waals surface area contributed by atoms with Crippen molar-refractivity contribution in [2.45, 2.75) is 26.3 Å². The molecular weight excluding hydrogens is 281 g/mol. The highest BCUT2D eigenvalue weighted by Gasteiger charge is 2.32. The normalized spacial score (nSPS) is 14.2. The molecule has 0 aliphatic rings. The average molecular weight is 292 g/mol. The lowest BCUT2D eigenvalue weighted by molar-refractivity contribution is 0.0912. The number of aromatic nitrogens is 1. The third-order valence-electron chi connectivity index (χ3n) is 2.56. The summed E-state index contributed by atoms with van der Waals surface area (Å²) in [5, 5.41) is 12.0. The summed E-state index contributed by atoms with van der Waals surface area (Å²) in [5.74, 6) is -0.462. The van der Waals surface area contributed by atoms with Gasteiger partial charge < -0.3 is 5.32 Å². The van der Waals surface area contributed by atoms with Crippen molar-refractivity contribution in [1.82, 2.24) is 9.69 Å². The van der Waals surface area contributed by atoms with Gasteiger partial charge in [0.25, 0.3) is 5.91 Å². The molecule has 0 spiro atoms. The van der Waals surface area contributed by atoms with Gasteiger partial charge in [-0.15, -0.1) is 0 Å². The van der Waals surface area contributed by atoms with Crippen molar-refractivity contribution in [1.29, 1.82) is 5.26 Å². The van der Waals surface area contributed by atoms with Crippen LogP contribution in [-0.2, 0) is 0 Å². The summed E-state index contributed by atoms with van der Waals surface area (Å²) in [5.41, 5.74) is -0.948. The van der Waals surface area contributed by atoms with Gasteiger partial charge in [-0.2, -0.15) is 9.64 Å². The highest BCUT2D eigenvalue weighted by atomic mass is 35.5.